The van der Waals surface area contributed by atoms with Gasteiger partial charge in [-0.1, -0.05) is 6.07 Å². The molecule has 2 aromatic carbocycles. The molecule has 0 radical (unpaired) electrons. The Bertz CT molecular complexity index is 804. The molecule has 0 saturated heterocycles. The van der Waals surface area contributed by atoms with Crippen molar-refractivity contribution in [2.24, 2.45) is 0 Å². The molecule has 0 aliphatic heterocycles. The van der Waals surface area contributed by atoms with E-state index in [9.17, 15) is 18.8 Å². The zero-order chi connectivity index (χ0) is 19.1. The highest BCUT2D eigenvalue weighted by molar-refractivity contribution is 5.95. The SMILES string of the molecule is Cc1ccc(NC(=O)[C@H](C)OC(=O)COc2ccc(C=O)cc2)cc1F. The summed E-state index contributed by atoms with van der Waals surface area (Å²) < 4.78 is 23.7. The van der Waals surface area contributed by atoms with Gasteiger partial charge in [-0.15, -0.1) is 0 Å². The number of amides is 1. The Morgan fingerprint density at radius 2 is 1.88 bits per heavy atom. The van der Waals surface area contributed by atoms with E-state index in [0.29, 0.717) is 23.2 Å². The normalized spacial score (nSPS) is 11.3. The molecule has 0 saturated carbocycles. The summed E-state index contributed by atoms with van der Waals surface area (Å²) >= 11 is 0. The number of rotatable bonds is 7. The van der Waals surface area contributed by atoms with Crippen molar-refractivity contribution >= 4 is 23.9 Å². The third-order valence-electron chi connectivity index (χ3n) is 3.49. The predicted molar refractivity (Wildman–Crippen MR) is 92.6 cm³/mol. The first-order chi connectivity index (χ1) is 12.4. The third kappa shape index (κ3) is 5.41. The Balaban J connectivity index is 1.82. The lowest BCUT2D eigenvalue weighted by Gasteiger charge is -2.14. The molecule has 2 aromatic rings. The molecule has 136 valence electrons. The molecule has 1 amide bonds. The summed E-state index contributed by atoms with van der Waals surface area (Å²) in [6, 6.07) is 10.4. The predicted octanol–water partition coefficient (Wildman–Crippen LogP) is 2.90. The van der Waals surface area contributed by atoms with Crippen LogP contribution in [0.5, 0.6) is 5.75 Å². The smallest absolute Gasteiger partial charge is 0.344 e. The minimum absolute atomic E-state index is 0.271. The van der Waals surface area contributed by atoms with Crippen molar-refractivity contribution in [1.29, 1.82) is 0 Å². The van der Waals surface area contributed by atoms with Crippen molar-refractivity contribution in [3.05, 3.63) is 59.4 Å². The fourth-order valence-corrected chi connectivity index (χ4v) is 1.98. The number of hydrogen-bond donors (Lipinski definition) is 1. The Morgan fingerprint density at radius 1 is 1.19 bits per heavy atom. The molecule has 0 aliphatic carbocycles. The summed E-state index contributed by atoms with van der Waals surface area (Å²) in [6.45, 7) is 2.62. The highest BCUT2D eigenvalue weighted by atomic mass is 19.1. The second kappa shape index (κ2) is 8.75. The maximum atomic E-state index is 13.5. The number of aldehydes is 1. The van der Waals surface area contributed by atoms with Crippen molar-refractivity contribution in [1.82, 2.24) is 0 Å². The number of anilines is 1. The maximum absolute atomic E-state index is 13.5. The van der Waals surface area contributed by atoms with Crippen LogP contribution in [0, 0.1) is 12.7 Å². The highest BCUT2D eigenvalue weighted by Gasteiger charge is 2.18. The summed E-state index contributed by atoms with van der Waals surface area (Å²) in [5.74, 6) is -1.37. The number of ether oxygens (including phenoxy) is 2. The summed E-state index contributed by atoms with van der Waals surface area (Å²) in [7, 11) is 0. The number of carbonyl (C=O) groups is 3. The van der Waals surface area contributed by atoms with E-state index in [0.717, 1.165) is 0 Å². The second-order valence-electron chi connectivity index (χ2n) is 5.56. The number of halogens is 1. The summed E-state index contributed by atoms with van der Waals surface area (Å²) in [6.07, 6.45) is -0.383. The second-order valence-corrected chi connectivity index (χ2v) is 5.56. The highest BCUT2D eigenvalue weighted by Crippen LogP contribution is 2.14. The summed E-state index contributed by atoms with van der Waals surface area (Å²) in [5, 5.41) is 2.47. The van der Waals surface area contributed by atoms with Gasteiger partial charge in [0.25, 0.3) is 5.91 Å². The van der Waals surface area contributed by atoms with Crippen LogP contribution in [0.15, 0.2) is 42.5 Å². The standard InChI is InChI=1S/C19H18FNO5/c1-12-3-6-15(9-17(12)20)21-19(24)13(2)26-18(23)11-25-16-7-4-14(10-22)5-8-16/h3-10,13H,11H2,1-2H3,(H,21,24)/t13-/m0/s1. The van der Waals surface area contributed by atoms with Gasteiger partial charge in [0.1, 0.15) is 17.9 Å². The first-order valence-electron chi connectivity index (χ1n) is 7.83. The number of nitrogens with one attached hydrogen (secondary N) is 1. The van der Waals surface area contributed by atoms with Crippen molar-refractivity contribution in [3.63, 3.8) is 0 Å². The lowest BCUT2D eigenvalue weighted by Crippen LogP contribution is -2.31. The summed E-state index contributed by atoms with van der Waals surface area (Å²) in [4.78, 5) is 34.3. The fraction of sp³-hybridized carbons (Fsp3) is 0.211. The van der Waals surface area contributed by atoms with Crippen molar-refractivity contribution < 1.29 is 28.2 Å². The minimum Gasteiger partial charge on any atom is -0.482 e. The first-order valence-corrected chi connectivity index (χ1v) is 7.83. The van der Waals surface area contributed by atoms with E-state index in [4.69, 9.17) is 9.47 Å². The molecular weight excluding hydrogens is 341 g/mol. The molecule has 26 heavy (non-hydrogen) atoms. The van der Waals surface area contributed by atoms with E-state index in [1.807, 2.05) is 0 Å². The van der Waals surface area contributed by atoms with Crippen LogP contribution < -0.4 is 10.1 Å². The maximum Gasteiger partial charge on any atom is 0.344 e. The molecule has 2 rings (SSSR count). The van der Waals surface area contributed by atoms with E-state index in [2.05, 4.69) is 5.32 Å². The van der Waals surface area contributed by atoms with Gasteiger partial charge in [-0.05, 0) is 55.8 Å². The average molecular weight is 359 g/mol. The van der Waals surface area contributed by atoms with Gasteiger partial charge in [0.15, 0.2) is 12.7 Å². The number of esters is 1. The van der Waals surface area contributed by atoms with Gasteiger partial charge in [-0.3, -0.25) is 9.59 Å². The Hall–Kier alpha value is -3.22. The van der Waals surface area contributed by atoms with E-state index < -0.39 is 30.4 Å². The van der Waals surface area contributed by atoms with Gasteiger partial charge in [0, 0.05) is 11.3 Å². The number of aryl methyl sites for hydroxylation is 1. The zero-order valence-electron chi connectivity index (χ0n) is 14.3. The van der Waals surface area contributed by atoms with Gasteiger partial charge in [0.2, 0.25) is 0 Å². The molecule has 1 atom stereocenters. The fourth-order valence-electron chi connectivity index (χ4n) is 1.98. The van der Waals surface area contributed by atoms with Crippen LogP contribution in [0.1, 0.15) is 22.8 Å². The molecule has 0 fully saturated rings. The number of hydrogen-bond acceptors (Lipinski definition) is 5. The van der Waals surface area contributed by atoms with Crippen LogP contribution in [0.4, 0.5) is 10.1 Å². The van der Waals surface area contributed by atoms with Crippen molar-refractivity contribution in [2.45, 2.75) is 20.0 Å². The Morgan fingerprint density at radius 3 is 2.50 bits per heavy atom. The monoisotopic (exact) mass is 359 g/mol. The molecular formula is C19H18FNO5. The van der Waals surface area contributed by atoms with E-state index in [1.54, 1.807) is 37.3 Å². The average Bonchev–Trinajstić information content (AvgIpc) is 2.63. The molecule has 0 aromatic heterocycles. The van der Waals surface area contributed by atoms with E-state index in [-0.39, 0.29) is 5.69 Å². The molecule has 1 N–H and O–H groups in total. The van der Waals surface area contributed by atoms with Crippen LogP contribution >= 0.6 is 0 Å². The van der Waals surface area contributed by atoms with Gasteiger partial charge in [-0.2, -0.15) is 0 Å². The Labute approximate surface area is 149 Å². The molecule has 0 heterocycles. The van der Waals surface area contributed by atoms with Crippen molar-refractivity contribution in [2.75, 3.05) is 11.9 Å². The molecule has 0 bridgehead atoms. The van der Waals surface area contributed by atoms with Crippen LogP contribution in [0.3, 0.4) is 0 Å². The quantitative estimate of drug-likeness (QED) is 0.607. The number of benzene rings is 2. The van der Waals surface area contributed by atoms with Crippen molar-refractivity contribution in [3.8, 4) is 5.75 Å². The lowest BCUT2D eigenvalue weighted by molar-refractivity contribution is -0.155. The number of carbonyl (C=O) groups excluding carboxylic acids is 3. The van der Waals surface area contributed by atoms with Gasteiger partial charge < -0.3 is 14.8 Å². The first kappa shape index (κ1) is 19.1. The van der Waals surface area contributed by atoms with Crippen LogP contribution in [0.25, 0.3) is 0 Å². The molecule has 0 spiro atoms. The third-order valence-corrected chi connectivity index (χ3v) is 3.49. The summed E-state index contributed by atoms with van der Waals surface area (Å²) in [5.41, 5.74) is 1.21. The van der Waals surface area contributed by atoms with Crippen LogP contribution in [0.2, 0.25) is 0 Å². The molecule has 0 aliphatic rings. The van der Waals surface area contributed by atoms with Gasteiger partial charge >= 0.3 is 5.97 Å². The molecule has 0 unspecified atom stereocenters. The van der Waals surface area contributed by atoms with Crippen LogP contribution in [-0.4, -0.2) is 30.9 Å². The van der Waals surface area contributed by atoms with E-state index >= 15 is 0 Å². The minimum atomic E-state index is -1.08. The van der Waals surface area contributed by atoms with Crippen LogP contribution in [-0.2, 0) is 14.3 Å². The van der Waals surface area contributed by atoms with E-state index in [1.165, 1.54) is 19.1 Å². The van der Waals surface area contributed by atoms with Gasteiger partial charge in [0.05, 0.1) is 0 Å². The molecule has 7 heteroatoms. The largest absolute Gasteiger partial charge is 0.482 e. The lowest BCUT2D eigenvalue weighted by atomic mass is 10.2. The molecule has 6 nitrogen and oxygen atoms in total. The van der Waals surface area contributed by atoms with Gasteiger partial charge in [-0.25, -0.2) is 9.18 Å². The zero-order valence-corrected chi connectivity index (χ0v) is 14.3. The topological polar surface area (TPSA) is 81.7 Å². The Kier molecular flexibility index (Phi) is 6.43.